The van der Waals surface area contributed by atoms with Crippen molar-refractivity contribution < 1.29 is 4.74 Å². The van der Waals surface area contributed by atoms with Gasteiger partial charge in [-0.3, -0.25) is 5.10 Å². The Balaban J connectivity index is 2.04. The van der Waals surface area contributed by atoms with Gasteiger partial charge in [0.25, 0.3) is 0 Å². The van der Waals surface area contributed by atoms with Crippen molar-refractivity contribution in [2.24, 2.45) is 0 Å². The zero-order valence-corrected chi connectivity index (χ0v) is 10.2. The molecule has 3 rings (SSSR count). The van der Waals surface area contributed by atoms with Gasteiger partial charge in [-0.2, -0.15) is 5.10 Å². The Hall–Kier alpha value is -2.21. The molecule has 92 valence electrons. The number of nitrogens with zero attached hydrogens (tertiary/aromatic N) is 4. The number of nitrogens with one attached hydrogen (secondary N) is 1. The summed E-state index contributed by atoms with van der Waals surface area (Å²) in [6.07, 6.45) is 3.82. The van der Waals surface area contributed by atoms with Crippen molar-refractivity contribution in [2.75, 3.05) is 7.11 Å². The molecule has 0 spiro atoms. The molecule has 6 nitrogen and oxygen atoms in total. The predicted molar refractivity (Wildman–Crippen MR) is 66.0 cm³/mol. The van der Waals surface area contributed by atoms with Crippen LogP contribution in [0, 0.1) is 6.92 Å². The maximum atomic E-state index is 5.01. The van der Waals surface area contributed by atoms with E-state index in [2.05, 4.69) is 20.2 Å². The molecule has 3 heterocycles. The molecule has 0 aromatic carbocycles. The molecule has 0 aliphatic carbocycles. The third kappa shape index (κ3) is 1.76. The average Bonchev–Trinajstić information content (AvgIpc) is 2.98. The summed E-state index contributed by atoms with van der Waals surface area (Å²) in [7, 11) is 1.63. The van der Waals surface area contributed by atoms with Gasteiger partial charge in [0.05, 0.1) is 0 Å². The van der Waals surface area contributed by atoms with E-state index in [0.717, 1.165) is 22.7 Å². The van der Waals surface area contributed by atoms with E-state index in [0.29, 0.717) is 12.4 Å². The lowest BCUT2D eigenvalue weighted by Gasteiger charge is -1.99. The molecule has 0 unspecified atom stereocenters. The number of aromatic nitrogens is 5. The van der Waals surface area contributed by atoms with E-state index < -0.39 is 0 Å². The van der Waals surface area contributed by atoms with Gasteiger partial charge in [0.2, 0.25) is 0 Å². The quantitative estimate of drug-likeness (QED) is 0.758. The van der Waals surface area contributed by atoms with Gasteiger partial charge in [0, 0.05) is 30.8 Å². The van der Waals surface area contributed by atoms with Crippen molar-refractivity contribution in [1.29, 1.82) is 0 Å². The van der Waals surface area contributed by atoms with Gasteiger partial charge >= 0.3 is 0 Å². The predicted octanol–water partition coefficient (Wildman–Crippen LogP) is 1.57. The van der Waals surface area contributed by atoms with Crippen molar-refractivity contribution in [3.05, 3.63) is 36.0 Å². The van der Waals surface area contributed by atoms with E-state index in [-0.39, 0.29) is 0 Å². The van der Waals surface area contributed by atoms with Gasteiger partial charge < -0.3 is 9.14 Å². The molecule has 0 saturated heterocycles. The maximum absolute atomic E-state index is 5.01. The minimum Gasteiger partial charge on any atom is -0.377 e. The molecule has 0 radical (unpaired) electrons. The van der Waals surface area contributed by atoms with Crippen LogP contribution in [0.2, 0.25) is 0 Å². The lowest BCUT2D eigenvalue weighted by molar-refractivity contribution is 0.178. The Morgan fingerprint density at radius 1 is 1.39 bits per heavy atom. The summed E-state index contributed by atoms with van der Waals surface area (Å²) in [5.74, 6) is 1.38. The van der Waals surface area contributed by atoms with Crippen LogP contribution in [0.5, 0.6) is 0 Å². The minimum atomic E-state index is 0.430. The summed E-state index contributed by atoms with van der Waals surface area (Å²) in [5.41, 5.74) is 2.95. The van der Waals surface area contributed by atoms with Gasteiger partial charge in [-0.05, 0) is 19.1 Å². The van der Waals surface area contributed by atoms with Crippen molar-refractivity contribution in [3.63, 3.8) is 0 Å². The van der Waals surface area contributed by atoms with E-state index in [9.17, 15) is 0 Å². The molecule has 0 aliphatic heterocycles. The molecule has 3 aromatic rings. The molecule has 0 fully saturated rings. The first-order chi connectivity index (χ1) is 8.78. The molecule has 0 saturated carbocycles. The molecule has 3 aromatic heterocycles. The van der Waals surface area contributed by atoms with Crippen LogP contribution in [0.3, 0.4) is 0 Å². The highest BCUT2D eigenvalue weighted by Gasteiger charge is 2.07. The average molecular weight is 243 g/mol. The standard InChI is InChI=1S/C12H13N5O/c1-8-5-13-11-4-3-9(6-17(8)11)12-14-10(7-18-2)15-16-12/h3-6H,7H2,1-2H3,(H,14,15,16). The molecule has 18 heavy (non-hydrogen) atoms. The summed E-state index contributed by atoms with van der Waals surface area (Å²) in [6.45, 7) is 2.44. The van der Waals surface area contributed by atoms with Crippen LogP contribution in [0.4, 0.5) is 0 Å². The Morgan fingerprint density at radius 3 is 3.11 bits per heavy atom. The summed E-state index contributed by atoms with van der Waals surface area (Å²) >= 11 is 0. The summed E-state index contributed by atoms with van der Waals surface area (Å²) in [5, 5.41) is 7.03. The van der Waals surface area contributed by atoms with Crippen LogP contribution < -0.4 is 0 Å². The third-order valence-corrected chi connectivity index (χ3v) is 2.76. The van der Waals surface area contributed by atoms with Gasteiger partial charge in [-0.15, -0.1) is 0 Å². The molecule has 0 aliphatic rings. The highest BCUT2D eigenvalue weighted by Crippen LogP contribution is 2.17. The van der Waals surface area contributed by atoms with Crippen LogP contribution in [-0.4, -0.2) is 31.7 Å². The minimum absolute atomic E-state index is 0.430. The van der Waals surface area contributed by atoms with E-state index in [1.54, 1.807) is 7.11 Å². The smallest absolute Gasteiger partial charge is 0.182 e. The number of hydrogen-bond donors (Lipinski definition) is 1. The second-order valence-electron chi connectivity index (χ2n) is 4.08. The van der Waals surface area contributed by atoms with Crippen LogP contribution in [0.25, 0.3) is 17.0 Å². The largest absolute Gasteiger partial charge is 0.377 e. The Morgan fingerprint density at radius 2 is 2.28 bits per heavy atom. The van der Waals surface area contributed by atoms with Crippen LogP contribution in [0.1, 0.15) is 11.5 Å². The van der Waals surface area contributed by atoms with E-state index >= 15 is 0 Å². The van der Waals surface area contributed by atoms with Crippen molar-refractivity contribution in [2.45, 2.75) is 13.5 Å². The molecular weight excluding hydrogens is 230 g/mol. The second-order valence-corrected chi connectivity index (χ2v) is 4.08. The number of imidazole rings is 1. The van der Waals surface area contributed by atoms with Gasteiger partial charge in [0.15, 0.2) is 11.6 Å². The number of pyridine rings is 1. The van der Waals surface area contributed by atoms with Crippen LogP contribution in [-0.2, 0) is 11.3 Å². The number of methoxy groups -OCH3 is 1. The van der Waals surface area contributed by atoms with Crippen molar-refractivity contribution in [3.8, 4) is 11.4 Å². The molecular formula is C12H13N5O. The van der Waals surface area contributed by atoms with Crippen LogP contribution in [0.15, 0.2) is 24.5 Å². The SMILES string of the molecule is COCc1nc(-c2ccc3ncc(C)n3c2)n[nH]1. The number of aryl methyl sites for hydroxylation is 1. The fourth-order valence-corrected chi connectivity index (χ4v) is 1.86. The number of hydrogen-bond acceptors (Lipinski definition) is 4. The normalized spacial score (nSPS) is 11.2. The summed E-state index contributed by atoms with van der Waals surface area (Å²) in [6, 6.07) is 3.91. The maximum Gasteiger partial charge on any atom is 0.182 e. The van der Waals surface area contributed by atoms with E-state index in [1.807, 2.05) is 35.9 Å². The lowest BCUT2D eigenvalue weighted by atomic mass is 10.2. The summed E-state index contributed by atoms with van der Waals surface area (Å²) < 4.78 is 7.02. The monoisotopic (exact) mass is 243 g/mol. The fourth-order valence-electron chi connectivity index (χ4n) is 1.86. The van der Waals surface area contributed by atoms with E-state index in [4.69, 9.17) is 4.74 Å². The van der Waals surface area contributed by atoms with Gasteiger partial charge in [0.1, 0.15) is 12.3 Å². The molecule has 6 heteroatoms. The van der Waals surface area contributed by atoms with Crippen molar-refractivity contribution in [1.82, 2.24) is 24.6 Å². The van der Waals surface area contributed by atoms with Crippen LogP contribution >= 0.6 is 0 Å². The zero-order valence-electron chi connectivity index (χ0n) is 10.2. The highest BCUT2D eigenvalue weighted by atomic mass is 16.5. The molecule has 0 atom stereocenters. The first-order valence-corrected chi connectivity index (χ1v) is 5.62. The summed E-state index contributed by atoms with van der Waals surface area (Å²) in [4.78, 5) is 8.65. The molecule has 1 N–H and O–H groups in total. The van der Waals surface area contributed by atoms with Gasteiger partial charge in [-0.25, -0.2) is 9.97 Å². The lowest BCUT2D eigenvalue weighted by Crippen LogP contribution is -1.91. The number of rotatable bonds is 3. The Kier molecular flexibility index (Phi) is 2.56. The first-order valence-electron chi connectivity index (χ1n) is 5.62. The first kappa shape index (κ1) is 10.9. The second kappa shape index (κ2) is 4.23. The molecule has 0 amide bonds. The number of fused-ring (bicyclic) bond motifs is 1. The fraction of sp³-hybridized carbons (Fsp3) is 0.250. The topological polar surface area (TPSA) is 68.1 Å². The zero-order chi connectivity index (χ0) is 12.5. The van der Waals surface area contributed by atoms with Gasteiger partial charge in [-0.1, -0.05) is 0 Å². The number of ether oxygens (including phenoxy) is 1. The highest BCUT2D eigenvalue weighted by molar-refractivity contribution is 5.57. The van der Waals surface area contributed by atoms with Crippen molar-refractivity contribution >= 4 is 5.65 Å². The van der Waals surface area contributed by atoms with E-state index in [1.165, 1.54) is 0 Å². The number of aromatic amines is 1. The molecule has 0 bridgehead atoms. The third-order valence-electron chi connectivity index (χ3n) is 2.76. The number of H-pyrrole nitrogens is 1. The Labute approximate surface area is 104 Å². The Bertz CT molecular complexity index is 685.